The molecule has 114 valence electrons. The number of guanidine groups is 1. The number of likely N-dealkylation sites (N-methyl/N-ethyl adjacent to an activating group) is 1. The van der Waals surface area contributed by atoms with E-state index in [1.54, 1.807) is 0 Å². The summed E-state index contributed by atoms with van der Waals surface area (Å²) >= 11 is 0. The third-order valence-corrected chi connectivity index (χ3v) is 5.76. The van der Waals surface area contributed by atoms with Crippen LogP contribution in [0.4, 0.5) is 0 Å². The highest BCUT2D eigenvalue weighted by Gasteiger charge is 2.43. The van der Waals surface area contributed by atoms with Gasteiger partial charge in [-0.2, -0.15) is 0 Å². The van der Waals surface area contributed by atoms with Crippen LogP contribution in [0, 0.1) is 5.41 Å². The van der Waals surface area contributed by atoms with E-state index in [1.807, 2.05) is 7.05 Å². The highest BCUT2D eigenvalue weighted by molar-refractivity contribution is 5.80. The second-order valence-electron chi connectivity index (χ2n) is 6.88. The molecule has 3 fully saturated rings. The minimum atomic E-state index is 0.653. The maximum absolute atomic E-state index is 4.52. The molecule has 1 N–H and O–H groups in total. The summed E-state index contributed by atoms with van der Waals surface area (Å²) in [4.78, 5) is 9.60. The molecule has 1 atom stereocenters. The first kappa shape index (κ1) is 14.2. The van der Waals surface area contributed by atoms with Crippen LogP contribution in [0.5, 0.6) is 0 Å². The third-order valence-electron chi connectivity index (χ3n) is 5.76. The van der Waals surface area contributed by atoms with E-state index in [4.69, 9.17) is 0 Å². The molecule has 2 aliphatic heterocycles. The molecule has 2 heterocycles. The van der Waals surface area contributed by atoms with E-state index < -0.39 is 0 Å². The number of nitrogens with zero attached hydrogens (tertiary/aromatic N) is 3. The van der Waals surface area contributed by atoms with Gasteiger partial charge in [0.25, 0.3) is 0 Å². The Labute approximate surface area is 123 Å². The Bertz CT molecular complexity index is 361. The van der Waals surface area contributed by atoms with E-state index in [0.29, 0.717) is 11.5 Å². The highest BCUT2D eigenvalue weighted by atomic mass is 15.3. The summed E-state index contributed by atoms with van der Waals surface area (Å²) in [6, 6.07) is 0.706. The molecule has 1 spiro atoms. The van der Waals surface area contributed by atoms with E-state index in [0.717, 1.165) is 12.5 Å². The van der Waals surface area contributed by atoms with E-state index >= 15 is 0 Å². The molecule has 0 radical (unpaired) electrons. The Morgan fingerprint density at radius 2 is 2.10 bits per heavy atom. The highest BCUT2D eigenvalue weighted by Crippen LogP contribution is 2.47. The molecule has 1 unspecified atom stereocenters. The van der Waals surface area contributed by atoms with Crippen LogP contribution in [-0.2, 0) is 0 Å². The van der Waals surface area contributed by atoms with E-state index in [-0.39, 0.29) is 0 Å². The first-order valence-electron chi connectivity index (χ1n) is 8.46. The van der Waals surface area contributed by atoms with Crippen molar-refractivity contribution in [2.75, 3.05) is 39.8 Å². The summed E-state index contributed by atoms with van der Waals surface area (Å²) in [7, 11) is 1.93. The molecule has 1 aliphatic carbocycles. The fraction of sp³-hybridized carbons (Fsp3) is 0.938. The van der Waals surface area contributed by atoms with Crippen LogP contribution in [0.1, 0.15) is 45.4 Å². The van der Waals surface area contributed by atoms with Crippen LogP contribution in [0.25, 0.3) is 0 Å². The van der Waals surface area contributed by atoms with Crippen molar-refractivity contribution in [1.29, 1.82) is 0 Å². The van der Waals surface area contributed by atoms with Crippen LogP contribution < -0.4 is 5.32 Å². The van der Waals surface area contributed by atoms with Crippen molar-refractivity contribution < 1.29 is 0 Å². The van der Waals surface area contributed by atoms with Gasteiger partial charge in [-0.25, -0.2) is 0 Å². The lowest BCUT2D eigenvalue weighted by molar-refractivity contribution is 0.151. The minimum Gasteiger partial charge on any atom is -0.355 e. The molecule has 3 rings (SSSR count). The molecule has 20 heavy (non-hydrogen) atoms. The van der Waals surface area contributed by atoms with Gasteiger partial charge in [0.2, 0.25) is 0 Å². The molecule has 0 bridgehead atoms. The smallest absolute Gasteiger partial charge is 0.193 e. The van der Waals surface area contributed by atoms with Gasteiger partial charge in [-0.3, -0.25) is 9.89 Å². The fourth-order valence-electron chi connectivity index (χ4n) is 4.28. The van der Waals surface area contributed by atoms with Gasteiger partial charge >= 0.3 is 0 Å². The third kappa shape index (κ3) is 2.67. The van der Waals surface area contributed by atoms with Gasteiger partial charge in [0.15, 0.2) is 5.96 Å². The average Bonchev–Trinajstić information content (AvgIpc) is 3.05. The van der Waals surface area contributed by atoms with Crippen LogP contribution >= 0.6 is 0 Å². The van der Waals surface area contributed by atoms with E-state index in [1.165, 1.54) is 64.7 Å². The molecule has 1 saturated carbocycles. The quantitative estimate of drug-likeness (QED) is 0.632. The molecule has 4 nitrogen and oxygen atoms in total. The number of likely N-dealkylation sites (tertiary alicyclic amines) is 2. The molecule has 0 amide bonds. The van der Waals surface area contributed by atoms with Gasteiger partial charge < -0.3 is 10.2 Å². The largest absolute Gasteiger partial charge is 0.355 e. The first-order chi connectivity index (χ1) is 9.76. The van der Waals surface area contributed by atoms with Gasteiger partial charge in [0, 0.05) is 32.7 Å². The van der Waals surface area contributed by atoms with Crippen LogP contribution in [0.15, 0.2) is 4.99 Å². The van der Waals surface area contributed by atoms with Gasteiger partial charge in [0.05, 0.1) is 0 Å². The summed E-state index contributed by atoms with van der Waals surface area (Å²) in [5, 5.41) is 3.64. The number of hydrogen-bond donors (Lipinski definition) is 1. The molecule has 0 aromatic rings. The average molecular weight is 278 g/mol. The van der Waals surface area contributed by atoms with Crippen molar-refractivity contribution in [3.05, 3.63) is 0 Å². The molecular weight excluding hydrogens is 248 g/mol. The summed E-state index contributed by atoms with van der Waals surface area (Å²) in [5.74, 6) is 1.14. The normalized spacial score (nSPS) is 30.0. The van der Waals surface area contributed by atoms with E-state index in [9.17, 15) is 0 Å². The second kappa shape index (κ2) is 5.92. The maximum atomic E-state index is 4.52. The lowest BCUT2D eigenvalue weighted by atomic mass is 9.68. The SMILES string of the molecule is CCN1CCCC1CNC(=NC)N1CCC2(CCC2)C1. The second-order valence-corrected chi connectivity index (χ2v) is 6.88. The molecule has 3 aliphatic rings. The lowest BCUT2D eigenvalue weighted by Gasteiger charge is -2.38. The van der Waals surface area contributed by atoms with Crippen LogP contribution in [-0.4, -0.2) is 61.6 Å². The predicted molar refractivity (Wildman–Crippen MR) is 84.1 cm³/mol. The number of rotatable bonds is 3. The minimum absolute atomic E-state index is 0.653. The van der Waals surface area contributed by atoms with Crippen molar-refractivity contribution in [2.24, 2.45) is 10.4 Å². The van der Waals surface area contributed by atoms with Gasteiger partial charge in [-0.1, -0.05) is 13.3 Å². The number of nitrogens with one attached hydrogen (secondary N) is 1. The van der Waals surface area contributed by atoms with E-state index in [2.05, 4.69) is 27.0 Å². The Morgan fingerprint density at radius 3 is 2.70 bits per heavy atom. The lowest BCUT2D eigenvalue weighted by Crippen LogP contribution is -2.47. The predicted octanol–water partition coefficient (Wildman–Crippen LogP) is 1.92. The van der Waals surface area contributed by atoms with Crippen molar-refractivity contribution in [3.63, 3.8) is 0 Å². The summed E-state index contributed by atoms with van der Waals surface area (Å²) in [6.45, 7) is 8.21. The molecule has 0 aromatic carbocycles. The summed E-state index contributed by atoms with van der Waals surface area (Å²) in [6.07, 6.45) is 8.37. The zero-order chi connectivity index (χ0) is 14.0. The van der Waals surface area contributed by atoms with Crippen molar-refractivity contribution in [3.8, 4) is 0 Å². The Balaban J connectivity index is 1.50. The Hall–Kier alpha value is -0.770. The molecule has 0 aromatic heterocycles. The van der Waals surface area contributed by atoms with Crippen LogP contribution in [0.2, 0.25) is 0 Å². The summed E-state index contributed by atoms with van der Waals surface area (Å²) in [5.41, 5.74) is 0.653. The Morgan fingerprint density at radius 1 is 1.25 bits per heavy atom. The number of aliphatic imine (C=N–C) groups is 1. The van der Waals surface area contributed by atoms with Crippen molar-refractivity contribution in [1.82, 2.24) is 15.1 Å². The Kier molecular flexibility index (Phi) is 4.20. The summed E-state index contributed by atoms with van der Waals surface area (Å²) < 4.78 is 0. The molecule has 2 saturated heterocycles. The van der Waals surface area contributed by atoms with Gasteiger partial charge in [-0.15, -0.1) is 0 Å². The standard InChI is InChI=1S/C16H30N4/c1-3-19-10-4-6-14(19)12-18-15(17-2)20-11-9-16(13-20)7-5-8-16/h14H,3-13H2,1-2H3,(H,17,18). The van der Waals surface area contributed by atoms with Crippen LogP contribution in [0.3, 0.4) is 0 Å². The topological polar surface area (TPSA) is 30.9 Å². The fourth-order valence-corrected chi connectivity index (χ4v) is 4.28. The molecular formula is C16H30N4. The monoisotopic (exact) mass is 278 g/mol. The zero-order valence-electron chi connectivity index (χ0n) is 13.2. The number of hydrogen-bond acceptors (Lipinski definition) is 2. The zero-order valence-corrected chi connectivity index (χ0v) is 13.2. The van der Waals surface area contributed by atoms with Gasteiger partial charge in [-0.05, 0) is 50.6 Å². The van der Waals surface area contributed by atoms with Crippen molar-refractivity contribution in [2.45, 2.75) is 51.5 Å². The van der Waals surface area contributed by atoms with Gasteiger partial charge in [0.1, 0.15) is 0 Å². The first-order valence-corrected chi connectivity index (χ1v) is 8.46. The van der Waals surface area contributed by atoms with Crippen molar-refractivity contribution >= 4 is 5.96 Å². The maximum Gasteiger partial charge on any atom is 0.193 e. The molecule has 4 heteroatoms.